The van der Waals surface area contributed by atoms with Gasteiger partial charge in [-0.1, -0.05) is 41.6 Å². The van der Waals surface area contributed by atoms with E-state index >= 15 is 0 Å². The Balaban J connectivity index is 1.13. The van der Waals surface area contributed by atoms with Crippen LogP contribution in [0.1, 0.15) is 16.8 Å². The number of benzene rings is 2. The van der Waals surface area contributed by atoms with Crippen LogP contribution in [0.3, 0.4) is 0 Å². The summed E-state index contributed by atoms with van der Waals surface area (Å²) in [5.41, 5.74) is 2.41. The second kappa shape index (κ2) is 10.7. The number of aromatic nitrogens is 2. The van der Waals surface area contributed by atoms with E-state index in [1.54, 1.807) is 0 Å². The summed E-state index contributed by atoms with van der Waals surface area (Å²) >= 11 is 7.45. The van der Waals surface area contributed by atoms with Gasteiger partial charge in [0.05, 0.1) is 12.1 Å². The number of hydrogen-bond donors (Lipinski definition) is 1. The van der Waals surface area contributed by atoms with E-state index in [0.29, 0.717) is 34.7 Å². The van der Waals surface area contributed by atoms with Crippen LogP contribution in [0.25, 0.3) is 0 Å². The third-order valence-electron chi connectivity index (χ3n) is 5.94. The summed E-state index contributed by atoms with van der Waals surface area (Å²) in [4.78, 5) is 36.5. The Morgan fingerprint density at radius 1 is 1.03 bits per heavy atom. The van der Waals surface area contributed by atoms with Crippen molar-refractivity contribution in [2.45, 2.75) is 23.9 Å². The summed E-state index contributed by atoms with van der Waals surface area (Å²) in [6, 6.07) is 15.0. The number of carbonyl (C=O) groups is 1. The molecule has 3 aromatic rings. The summed E-state index contributed by atoms with van der Waals surface area (Å²) in [5, 5.41) is 1.16. The number of hydrogen-bond acceptors (Lipinski definition) is 7. The molecular formula is C25H25ClN4O4S. The highest BCUT2D eigenvalue weighted by Crippen LogP contribution is 2.32. The fourth-order valence-electron chi connectivity index (χ4n) is 4.14. The molecule has 2 aliphatic heterocycles. The summed E-state index contributed by atoms with van der Waals surface area (Å²) in [6.45, 7) is 3.91. The van der Waals surface area contributed by atoms with E-state index in [2.05, 4.69) is 14.9 Å². The molecule has 2 aliphatic rings. The molecule has 8 nitrogen and oxygen atoms in total. The van der Waals surface area contributed by atoms with Crippen LogP contribution >= 0.6 is 23.4 Å². The number of piperazine rings is 1. The number of H-pyrrole nitrogens is 1. The quantitative estimate of drug-likeness (QED) is 0.384. The number of halogens is 1. The van der Waals surface area contributed by atoms with Gasteiger partial charge in [-0.2, -0.15) is 0 Å². The van der Waals surface area contributed by atoms with Crippen molar-refractivity contribution in [2.24, 2.45) is 0 Å². The summed E-state index contributed by atoms with van der Waals surface area (Å²) < 4.78 is 10.8. The maximum Gasteiger partial charge on any atom is 0.251 e. The minimum Gasteiger partial charge on any atom is -0.454 e. The van der Waals surface area contributed by atoms with E-state index in [9.17, 15) is 9.59 Å². The number of carbonyl (C=O) groups excluding carboxylic acids is 1. The van der Waals surface area contributed by atoms with Crippen LogP contribution in [0.5, 0.6) is 11.5 Å². The van der Waals surface area contributed by atoms with Crippen molar-refractivity contribution in [3.8, 4) is 11.5 Å². The fourth-order valence-corrected chi connectivity index (χ4v) is 5.19. The Morgan fingerprint density at radius 2 is 1.86 bits per heavy atom. The van der Waals surface area contributed by atoms with Crippen molar-refractivity contribution in [2.75, 3.05) is 33.0 Å². The summed E-state index contributed by atoms with van der Waals surface area (Å²) in [7, 11) is 0. The molecule has 1 N–H and O–H groups in total. The van der Waals surface area contributed by atoms with Crippen molar-refractivity contribution in [1.82, 2.24) is 19.8 Å². The standard InChI is InChI=1S/C25H25ClN4O4S/c26-19-3-1-2-18(10-19)15-35-25-27-20(12-23(31)28-25)13-24(32)30-8-6-29(7-9-30)14-17-4-5-21-22(11-17)34-16-33-21/h1-5,10-12H,6-9,13-16H2,(H,27,28,31). The number of fused-ring (bicyclic) bond motifs is 1. The molecule has 10 heteroatoms. The Hall–Kier alpha value is -3.01. The molecule has 2 aromatic carbocycles. The SMILES string of the molecule is O=C(Cc1cc(=O)[nH]c(SCc2cccc(Cl)c2)n1)N1CCN(Cc2ccc3c(c2)OCO3)CC1. The highest BCUT2D eigenvalue weighted by Gasteiger charge is 2.23. The minimum absolute atomic E-state index is 0.0170. The van der Waals surface area contributed by atoms with Gasteiger partial charge in [0, 0.05) is 49.6 Å². The van der Waals surface area contributed by atoms with Crippen LogP contribution < -0.4 is 15.0 Å². The van der Waals surface area contributed by atoms with Gasteiger partial charge in [-0.05, 0) is 35.4 Å². The maximum atomic E-state index is 12.9. The first-order valence-corrected chi connectivity index (χ1v) is 12.7. The molecule has 35 heavy (non-hydrogen) atoms. The fraction of sp³-hybridized carbons (Fsp3) is 0.320. The molecule has 1 amide bonds. The van der Waals surface area contributed by atoms with Gasteiger partial charge in [0.1, 0.15) is 0 Å². The zero-order valence-electron chi connectivity index (χ0n) is 19.0. The van der Waals surface area contributed by atoms with E-state index in [4.69, 9.17) is 21.1 Å². The number of aromatic amines is 1. The van der Waals surface area contributed by atoms with Crippen molar-refractivity contribution < 1.29 is 14.3 Å². The molecule has 3 heterocycles. The van der Waals surface area contributed by atoms with Crippen LogP contribution in [0.2, 0.25) is 5.02 Å². The van der Waals surface area contributed by atoms with Gasteiger partial charge in [-0.15, -0.1) is 0 Å². The second-order valence-corrected chi connectivity index (χ2v) is 9.88. The normalized spacial score (nSPS) is 15.4. The molecule has 0 radical (unpaired) electrons. The van der Waals surface area contributed by atoms with Crippen molar-refractivity contribution >= 4 is 29.3 Å². The molecule has 1 fully saturated rings. The number of nitrogens with one attached hydrogen (secondary N) is 1. The number of thioether (sulfide) groups is 1. The van der Waals surface area contributed by atoms with Crippen LogP contribution in [0.15, 0.2) is 58.5 Å². The largest absolute Gasteiger partial charge is 0.454 e. The zero-order valence-corrected chi connectivity index (χ0v) is 20.6. The molecule has 0 unspecified atom stereocenters. The van der Waals surface area contributed by atoms with E-state index in [1.165, 1.54) is 17.8 Å². The van der Waals surface area contributed by atoms with E-state index in [0.717, 1.165) is 42.3 Å². The first-order valence-electron chi connectivity index (χ1n) is 11.4. The lowest BCUT2D eigenvalue weighted by Crippen LogP contribution is -2.48. The third kappa shape index (κ3) is 6.17. The lowest BCUT2D eigenvalue weighted by molar-refractivity contribution is -0.132. The lowest BCUT2D eigenvalue weighted by Gasteiger charge is -2.34. The average Bonchev–Trinajstić information content (AvgIpc) is 3.31. The van der Waals surface area contributed by atoms with Gasteiger partial charge < -0.3 is 19.4 Å². The molecule has 0 aliphatic carbocycles. The minimum atomic E-state index is -0.259. The number of rotatable bonds is 7. The molecular weight excluding hydrogens is 488 g/mol. The highest BCUT2D eigenvalue weighted by molar-refractivity contribution is 7.98. The zero-order chi connectivity index (χ0) is 24.2. The first-order chi connectivity index (χ1) is 17.0. The van der Waals surface area contributed by atoms with Crippen LogP contribution in [0, 0.1) is 0 Å². The monoisotopic (exact) mass is 512 g/mol. The van der Waals surface area contributed by atoms with Gasteiger partial charge in [-0.3, -0.25) is 14.5 Å². The number of ether oxygens (including phenoxy) is 2. The van der Waals surface area contributed by atoms with Gasteiger partial charge in [0.2, 0.25) is 12.7 Å². The molecule has 0 saturated carbocycles. The smallest absolute Gasteiger partial charge is 0.251 e. The van der Waals surface area contributed by atoms with Gasteiger partial charge in [0.25, 0.3) is 5.56 Å². The van der Waals surface area contributed by atoms with Crippen LogP contribution in [-0.4, -0.2) is 58.6 Å². The van der Waals surface area contributed by atoms with E-state index in [1.807, 2.05) is 47.4 Å². The Kier molecular flexibility index (Phi) is 7.26. The molecule has 0 spiro atoms. The molecule has 0 atom stereocenters. The van der Waals surface area contributed by atoms with Gasteiger partial charge in [-0.25, -0.2) is 4.98 Å². The average molecular weight is 513 g/mol. The maximum absolute atomic E-state index is 12.9. The predicted octanol–water partition coefficient (Wildman–Crippen LogP) is 3.33. The highest BCUT2D eigenvalue weighted by atomic mass is 35.5. The molecule has 5 rings (SSSR count). The van der Waals surface area contributed by atoms with Crippen molar-refractivity contribution in [3.05, 3.63) is 80.7 Å². The summed E-state index contributed by atoms with van der Waals surface area (Å²) in [6.07, 6.45) is 0.108. The third-order valence-corrected chi connectivity index (χ3v) is 7.12. The Labute approximate surface area is 212 Å². The van der Waals surface area contributed by atoms with Crippen LogP contribution in [0.4, 0.5) is 0 Å². The Bertz CT molecular complexity index is 1280. The van der Waals surface area contributed by atoms with Crippen molar-refractivity contribution in [3.63, 3.8) is 0 Å². The molecule has 1 aromatic heterocycles. The number of amides is 1. The lowest BCUT2D eigenvalue weighted by atomic mass is 10.1. The predicted molar refractivity (Wildman–Crippen MR) is 134 cm³/mol. The van der Waals surface area contributed by atoms with Crippen molar-refractivity contribution in [1.29, 1.82) is 0 Å². The van der Waals surface area contributed by atoms with E-state index in [-0.39, 0.29) is 24.7 Å². The second-order valence-electron chi connectivity index (χ2n) is 8.48. The van der Waals surface area contributed by atoms with Gasteiger partial charge in [0.15, 0.2) is 16.7 Å². The molecule has 182 valence electrons. The van der Waals surface area contributed by atoms with E-state index < -0.39 is 0 Å². The summed E-state index contributed by atoms with van der Waals surface area (Å²) in [5.74, 6) is 2.17. The van der Waals surface area contributed by atoms with Crippen LogP contribution in [-0.2, 0) is 23.5 Å². The Morgan fingerprint density at radius 3 is 2.69 bits per heavy atom. The topological polar surface area (TPSA) is 87.8 Å². The number of nitrogens with zero attached hydrogens (tertiary/aromatic N) is 3. The molecule has 0 bridgehead atoms. The van der Waals surface area contributed by atoms with Gasteiger partial charge >= 0.3 is 0 Å². The molecule has 1 saturated heterocycles. The first kappa shape index (κ1) is 23.7.